The number of hydrogen-bond acceptors (Lipinski definition) is 3. The third kappa shape index (κ3) is 4.13. The van der Waals surface area contributed by atoms with E-state index in [1.807, 2.05) is 24.3 Å². The van der Waals surface area contributed by atoms with Gasteiger partial charge in [0, 0.05) is 0 Å². The minimum atomic E-state index is -0.592. The zero-order valence-corrected chi connectivity index (χ0v) is 12.9. The van der Waals surface area contributed by atoms with E-state index in [1.54, 1.807) is 32.4 Å². The molecule has 0 aliphatic carbocycles. The summed E-state index contributed by atoms with van der Waals surface area (Å²) in [7, 11) is 3.23. The number of methoxy groups -OCH3 is 2. The van der Waals surface area contributed by atoms with Crippen molar-refractivity contribution < 1.29 is 14.6 Å². The van der Waals surface area contributed by atoms with Crippen LogP contribution < -0.4 is 9.47 Å². The van der Waals surface area contributed by atoms with Crippen LogP contribution in [0.25, 0.3) is 0 Å². The molecule has 112 valence electrons. The molecule has 0 aromatic heterocycles. The smallest absolute Gasteiger partial charge is 0.120 e. The first-order chi connectivity index (χ1) is 10.1. The first-order valence-corrected chi connectivity index (χ1v) is 7.16. The van der Waals surface area contributed by atoms with Crippen LogP contribution in [0.5, 0.6) is 11.5 Å². The molecular weight excluding hydrogens is 288 g/mol. The van der Waals surface area contributed by atoms with E-state index in [-0.39, 0.29) is 0 Å². The highest BCUT2D eigenvalue weighted by atomic mass is 35.5. The fourth-order valence-corrected chi connectivity index (χ4v) is 2.45. The van der Waals surface area contributed by atoms with Crippen molar-refractivity contribution in [1.29, 1.82) is 0 Å². The van der Waals surface area contributed by atoms with Gasteiger partial charge in [-0.3, -0.25) is 0 Å². The van der Waals surface area contributed by atoms with E-state index in [4.69, 9.17) is 21.1 Å². The first-order valence-electron chi connectivity index (χ1n) is 6.78. The average Bonchev–Trinajstić information content (AvgIpc) is 2.52. The number of aliphatic hydroxyl groups is 1. The number of hydrogen-bond donors (Lipinski definition) is 1. The van der Waals surface area contributed by atoms with Crippen molar-refractivity contribution in [3.8, 4) is 11.5 Å². The Hall–Kier alpha value is -1.71. The number of halogens is 1. The molecule has 0 bridgehead atoms. The van der Waals surface area contributed by atoms with Gasteiger partial charge in [0.05, 0.1) is 25.3 Å². The van der Waals surface area contributed by atoms with Gasteiger partial charge in [-0.1, -0.05) is 29.8 Å². The van der Waals surface area contributed by atoms with Crippen molar-refractivity contribution in [3.63, 3.8) is 0 Å². The molecule has 1 N–H and O–H groups in total. The summed E-state index contributed by atoms with van der Waals surface area (Å²) in [5.74, 6) is 1.52. The van der Waals surface area contributed by atoms with Crippen molar-refractivity contribution in [3.05, 3.63) is 58.6 Å². The van der Waals surface area contributed by atoms with Crippen molar-refractivity contribution in [1.82, 2.24) is 0 Å². The molecule has 0 heterocycles. The average molecular weight is 307 g/mol. The van der Waals surface area contributed by atoms with E-state index in [0.29, 0.717) is 17.2 Å². The highest BCUT2D eigenvalue weighted by Gasteiger charge is 2.12. The van der Waals surface area contributed by atoms with Crippen LogP contribution >= 0.6 is 11.6 Å². The van der Waals surface area contributed by atoms with Crippen molar-refractivity contribution in [2.75, 3.05) is 14.2 Å². The first kappa shape index (κ1) is 15.7. The zero-order chi connectivity index (χ0) is 15.2. The SMILES string of the molecule is COc1ccc(CCC(O)c2ccc(OC)cc2Cl)cc1. The molecule has 21 heavy (non-hydrogen) atoms. The van der Waals surface area contributed by atoms with Gasteiger partial charge in [-0.15, -0.1) is 0 Å². The summed E-state index contributed by atoms with van der Waals surface area (Å²) in [4.78, 5) is 0. The molecule has 2 rings (SSSR count). The van der Waals surface area contributed by atoms with E-state index in [9.17, 15) is 5.11 Å². The van der Waals surface area contributed by atoms with Crippen molar-refractivity contribution in [2.24, 2.45) is 0 Å². The normalized spacial score (nSPS) is 12.0. The van der Waals surface area contributed by atoms with Crippen LogP contribution in [0.3, 0.4) is 0 Å². The highest BCUT2D eigenvalue weighted by Crippen LogP contribution is 2.29. The molecule has 0 saturated heterocycles. The Balaban J connectivity index is 1.99. The van der Waals surface area contributed by atoms with Crippen molar-refractivity contribution in [2.45, 2.75) is 18.9 Å². The summed E-state index contributed by atoms with van der Waals surface area (Å²) in [6.45, 7) is 0. The molecule has 0 fully saturated rings. The standard InChI is InChI=1S/C17H19ClO3/c1-20-13-6-3-12(4-7-13)5-10-17(19)15-9-8-14(21-2)11-16(15)18/h3-4,6-9,11,17,19H,5,10H2,1-2H3. The quantitative estimate of drug-likeness (QED) is 0.876. The van der Waals surface area contributed by atoms with E-state index in [2.05, 4.69) is 0 Å². The second-order valence-corrected chi connectivity index (χ2v) is 5.20. The topological polar surface area (TPSA) is 38.7 Å². The number of aryl methyl sites for hydroxylation is 1. The van der Waals surface area contributed by atoms with Gasteiger partial charge < -0.3 is 14.6 Å². The van der Waals surface area contributed by atoms with E-state index in [1.165, 1.54) is 0 Å². The van der Waals surface area contributed by atoms with E-state index >= 15 is 0 Å². The highest BCUT2D eigenvalue weighted by molar-refractivity contribution is 6.31. The fourth-order valence-electron chi connectivity index (χ4n) is 2.16. The van der Waals surface area contributed by atoms with Gasteiger partial charge in [0.25, 0.3) is 0 Å². The maximum Gasteiger partial charge on any atom is 0.120 e. The van der Waals surface area contributed by atoms with Crippen LogP contribution in [0.1, 0.15) is 23.7 Å². The molecule has 4 heteroatoms. The lowest BCUT2D eigenvalue weighted by Crippen LogP contribution is -2.01. The molecule has 0 saturated carbocycles. The predicted octanol–water partition coefficient (Wildman–Crippen LogP) is 4.02. The van der Waals surface area contributed by atoms with E-state index < -0.39 is 6.10 Å². The Morgan fingerprint density at radius 1 is 1.00 bits per heavy atom. The lowest BCUT2D eigenvalue weighted by molar-refractivity contribution is 0.168. The molecule has 1 unspecified atom stereocenters. The molecular formula is C17H19ClO3. The molecule has 2 aromatic carbocycles. The van der Waals surface area contributed by atoms with Gasteiger partial charge in [0.2, 0.25) is 0 Å². The Kier molecular flexibility index (Phi) is 5.48. The van der Waals surface area contributed by atoms with Crippen LogP contribution in [0.4, 0.5) is 0 Å². The lowest BCUT2D eigenvalue weighted by atomic mass is 10.0. The summed E-state index contributed by atoms with van der Waals surface area (Å²) in [6, 6.07) is 13.2. The Labute approximate surface area is 130 Å². The summed E-state index contributed by atoms with van der Waals surface area (Å²) in [5, 5.41) is 10.8. The maximum absolute atomic E-state index is 10.3. The van der Waals surface area contributed by atoms with Crippen LogP contribution in [0, 0.1) is 0 Å². The van der Waals surface area contributed by atoms with Gasteiger partial charge >= 0.3 is 0 Å². The Morgan fingerprint density at radius 2 is 1.62 bits per heavy atom. The largest absolute Gasteiger partial charge is 0.497 e. The lowest BCUT2D eigenvalue weighted by Gasteiger charge is -2.13. The Bertz CT molecular complexity index is 581. The molecule has 0 aliphatic rings. The monoisotopic (exact) mass is 306 g/mol. The van der Waals surface area contributed by atoms with E-state index in [0.717, 1.165) is 23.3 Å². The van der Waals surface area contributed by atoms with Gasteiger partial charge in [-0.25, -0.2) is 0 Å². The molecule has 1 atom stereocenters. The summed E-state index contributed by atoms with van der Waals surface area (Å²) < 4.78 is 10.2. The third-order valence-corrected chi connectivity index (χ3v) is 3.76. The van der Waals surface area contributed by atoms with Crippen LogP contribution in [-0.4, -0.2) is 19.3 Å². The van der Waals surface area contributed by atoms with Crippen LogP contribution in [0.15, 0.2) is 42.5 Å². The van der Waals surface area contributed by atoms with Gasteiger partial charge in [0.1, 0.15) is 11.5 Å². The Morgan fingerprint density at radius 3 is 2.19 bits per heavy atom. The second kappa shape index (κ2) is 7.34. The summed E-state index contributed by atoms with van der Waals surface area (Å²) in [5.41, 5.74) is 1.88. The number of rotatable bonds is 6. The number of aliphatic hydroxyl groups excluding tert-OH is 1. The number of benzene rings is 2. The second-order valence-electron chi connectivity index (χ2n) is 4.79. The third-order valence-electron chi connectivity index (χ3n) is 3.43. The minimum absolute atomic E-state index is 0.525. The fraction of sp³-hybridized carbons (Fsp3) is 0.294. The molecule has 0 spiro atoms. The molecule has 2 aromatic rings. The minimum Gasteiger partial charge on any atom is -0.497 e. The summed E-state index contributed by atoms with van der Waals surface area (Å²) >= 11 is 6.17. The molecule has 0 aliphatic heterocycles. The van der Waals surface area contributed by atoms with Gasteiger partial charge in [-0.2, -0.15) is 0 Å². The molecule has 0 amide bonds. The molecule has 0 radical (unpaired) electrons. The maximum atomic E-state index is 10.3. The molecule has 3 nitrogen and oxygen atoms in total. The predicted molar refractivity (Wildman–Crippen MR) is 84.3 cm³/mol. The zero-order valence-electron chi connectivity index (χ0n) is 12.2. The summed E-state index contributed by atoms with van der Waals surface area (Å²) in [6.07, 6.45) is 0.789. The number of ether oxygens (including phenoxy) is 2. The van der Waals surface area contributed by atoms with Crippen molar-refractivity contribution >= 4 is 11.6 Å². The van der Waals surface area contributed by atoms with Crippen LogP contribution in [0.2, 0.25) is 5.02 Å². The van der Waals surface area contributed by atoms with Gasteiger partial charge in [0.15, 0.2) is 0 Å². The van der Waals surface area contributed by atoms with Gasteiger partial charge in [-0.05, 0) is 48.2 Å². The van der Waals surface area contributed by atoms with Crippen LogP contribution in [-0.2, 0) is 6.42 Å².